The minimum Gasteiger partial charge on any atom is -0.342 e. The first kappa shape index (κ1) is 15.7. The summed E-state index contributed by atoms with van der Waals surface area (Å²) in [4.78, 5) is 16.5. The number of amides is 1. The van der Waals surface area contributed by atoms with Gasteiger partial charge in [-0.1, -0.05) is 12.8 Å². The number of hydrogen-bond donors (Lipinski definition) is 1. The Morgan fingerprint density at radius 1 is 1.17 bits per heavy atom. The highest BCUT2D eigenvalue weighted by molar-refractivity contribution is 5.85. The highest BCUT2D eigenvalue weighted by atomic mass is 35.5. The number of likely N-dealkylation sites (N-methyl/N-ethyl adjacent to an activating group) is 1. The molecule has 106 valence electrons. The summed E-state index contributed by atoms with van der Waals surface area (Å²) < 4.78 is 0. The van der Waals surface area contributed by atoms with E-state index in [1.165, 1.54) is 32.1 Å². The van der Waals surface area contributed by atoms with Crippen molar-refractivity contribution in [1.82, 2.24) is 15.1 Å². The van der Waals surface area contributed by atoms with Gasteiger partial charge < -0.3 is 10.2 Å². The van der Waals surface area contributed by atoms with Crippen LogP contribution in [0, 0.1) is 0 Å². The molecule has 1 unspecified atom stereocenters. The fourth-order valence-electron chi connectivity index (χ4n) is 2.82. The van der Waals surface area contributed by atoms with Crippen molar-refractivity contribution in [3.8, 4) is 0 Å². The predicted octanol–water partition coefficient (Wildman–Crippen LogP) is 1.10. The Balaban J connectivity index is 0.00000162. The van der Waals surface area contributed by atoms with E-state index in [0.717, 1.165) is 26.2 Å². The largest absolute Gasteiger partial charge is 0.342 e. The molecule has 0 aliphatic carbocycles. The van der Waals surface area contributed by atoms with E-state index in [-0.39, 0.29) is 12.4 Å². The number of carbonyl (C=O) groups is 1. The number of nitrogens with zero attached hydrogens (tertiary/aromatic N) is 2. The van der Waals surface area contributed by atoms with Crippen molar-refractivity contribution in [1.29, 1.82) is 0 Å². The molecule has 5 heteroatoms. The first-order chi connectivity index (χ1) is 8.29. The summed E-state index contributed by atoms with van der Waals surface area (Å²) in [5, 5.41) is 3.29. The van der Waals surface area contributed by atoms with Gasteiger partial charge in [-0.25, -0.2) is 0 Å². The molecule has 18 heavy (non-hydrogen) atoms. The van der Waals surface area contributed by atoms with Crippen LogP contribution in [-0.2, 0) is 4.79 Å². The van der Waals surface area contributed by atoms with Gasteiger partial charge in [-0.2, -0.15) is 0 Å². The highest BCUT2D eigenvalue weighted by Gasteiger charge is 2.24. The summed E-state index contributed by atoms with van der Waals surface area (Å²) >= 11 is 0. The summed E-state index contributed by atoms with van der Waals surface area (Å²) in [5.74, 6) is 0.337. The lowest BCUT2D eigenvalue weighted by Gasteiger charge is -2.23. The van der Waals surface area contributed by atoms with Crippen molar-refractivity contribution in [2.75, 3.05) is 39.8 Å². The van der Waals surface area contributed by atoms with Crippen LogP contribution in [0.5, 0.6) is 0 Å². The summed E-state index contributed by atoms with van der Waals surface area (Å²) in [6, 6.07) is 0.576. The zero-order chi connectivity index (χ0) is 12.1. The third kappa shape index (κ3) is 4.41. The van der Waals surface area contributed by atoms with E-state index in [2.05, 4.69) is 15.1 Å². The van der Waals surface area contributed by atoms with E-state index in [4.69, 9.17) is 0 Å². The van der Waals surface area contributed by atoms with Gasteiger partial charge in [0.25, 0.3) is 0 Å². The van der Waals surface area contributed by atoms with Crippen LogP contribution < -0.4 is 5.32 Å². The molecule has 1 amide bonds. The van der Waals surface area contributed by atoms with Crippen molar-refractivity contribution in [3.05, 3.63) is 0 Å². The Bertz CT molecular complexity index is 255. The van der Waals surface area contributed by atoms with E-state index >= 15 is 0 Å². The van der Waals surface area contributed by atoms with Crippen LogP contribution in [-0.4, -0.2) is 61.5 Å². The van der Waals surface area contributed by atoms with Crippen LogP contribution in [0.25, 0.3) is 0 Å². The third-order valence-corrected chi connectivity index (χ3v) is 4.00. The smallest absolute Gasteiger partial charge is 0.236 e. The molecule has 2 heterocycles. The van der Waals surface area contributed by atoms with Gasteiger partial charge in [0.15, 0.2) is 0 Å². The topological polar surface area (TPSA) is 35.6 Å². The molecular weight excluding hydrogens is 250 g/mol. The average Bonchev–Trinajstić information content (AvgIpc) is 2.62. The van der Waals surface area contributed by atoms with Crippen LogP contribution in [0.4, 0.5) is 0 Å². The molecule has 0 radical (unpaired) electrons. The van der Waals surface area contributed by atoms with Crippen LogP contribution in [0.15, 0.2) is 0 Å². The number of likely N-dealkylation sites (tertiary alicyclic amines) is 2. The number of halogens is 1. The third-order valence-electron chi connectivity index (χ3n) is 4.00. The van der Waals surface area contributed by atoms with Crippen molar-refractivity contribution in [3.63, 3.8) is 0 Å². The first-order valence-corrected chi connectivity index (χ1v) is 6.97. The second-order valence-electron chi connectivity index (χ2n) is 5.30. The lowest BCUT2D eigenvalue weighted by atomic mass is 10.2. The van der Waals surface area contributed by atoms with Gasteiger partial charge in [0.05, 0.1) is 6.54 Å². The lowest BCUT2D eigenvalue weighted by Crippen LogP contribution is -2.41. The quantitative estimate of drug-likeness (QED) is 0.838. The standard InChI is InChI=1S/C13H25N3O.ClH/c1-14-12-6-9-15(10-12)11-13(17)16-7-4-2-3-5-8-16;/h12,14H,2-11H2,1H3;1H. The molecule has 2 saturated heterocycles. The molecule has 0 bridgehead atoms. The van der Waals surface area contributed by atoms with E-state index in [1.54, 1.807) is 0 Å². The van der Waals surface area contributed by atoms with Crippen LogP contribution in [0.3, 0.4) is 0 Å². The van der Waals surface area contributed by atoms with E-state index in [0.29, 0.717) is 18.5 Å². The minimum atomic E-state index is 0. The molecule has 0 aromatic rings. The van der Waals surface area contributed by atoms with Gasteiger partial charge in [0.1, 0.15) is 0 Å². The van der Waals surface area contributed by atoms with Gasteiger partial charge in [-0.15, -0.1) is 12.4 Å². The summed E-state index contributed by atoms with van der Waals surface area (Å²) in [6.07, 6.45) is 6.12. The Hall–Kier alpha value is -0.320. The summed E-state index contributed by atoms with van der Waals surface area (Å²) in [5.41, 5.74) is 0. The van der Waals surface area contributed by atoms with E-state index < -0.39 is 0 Å². The van der Waals surface area contributed by atoms with Crippen LogP contribution in [0.1, 0.15) is 32.1 Å². The molecule has 4 nitrogen and oxygen atoms in total. The maximum atomic E-state index is 12.2. The monoisotopic (exact) mass is 275 g/mol. The van der Waals surface area contributed by atoms with Gasteiger partial charge in [0, 0.05) is 32.2 Å². The van der Waals surface area contributed by atoms with Crippen molar-refractivity contribution in [2.24, 2.45) is 0 Å². The Labute approximate surface area is 116 Å². The molecular formula is C13H26ClN3O. The van der Waals surface area contributed by atoms with E-state index in [1.807, 2.05) is 7.05 Å². The molecule has 1 atom stereocenters. The van der Waals surface area contributed by atoms with Crippen molar-refractivity contribution < 1.29 is 4.79 Å². The number of nitrogens with one attached hydrogen (secondary N) is 1. The zero-order valence-electron chi connectivity index (χ0n) is 11.4. The second kappa shape index (κ2) is 7.97. The fraction of sp³-hybridized carbons (Fsp3) is 0.923. The van der Waals surface area contributed by atoms with Gasteiger partial charge in [-0.3, -0.25) is 9.69 Å². The molecule has 2 fully saturated rings. The zero-order valence-corrected chi connectivity index (χ0v) is 12.2. The Morgan fingerprint density at radius 2 is 1.83 bits per heavy atom. The fourth-order valence-corrected chi connectivity index (χ4v) is 2.82. The summed E-state index contributed by atoms with van der Waals surface area (Å²) in [7, 11) is 2.00. The molecule has 0 aromatic heterocycles. The Kier molecular flexibility index (Phi) is 6.97. The molecule has 0 saturated carbocycles. The molecule has 2 aliphatic heterocycles. The first-order valence-electron chi connectivity index (χ1n) is 6.97. The summed E-state index contributed by atoms with van der Waals surface area (Å²) in [6.45, 7) is 4.66. The van der Waals surface area contributed by atoms with Gasteiger partial charge in [0.2, 0.25) is 5.91 Å². The number of hydrogen-bond acceptors (Lipinski definition) is 3. The number of carbonyl (C=O) groups excluding carboxylic acids is 1. The van der Waals surface area contributed by atoms with Crippen molar-refractivity contribution in [2.45, 2.75) is 38.1 Å². The molecule has 1 N–H and O–H groups in total. The molecule has 0 spiro atoms. The lowest BCUT2D eigenvalue weighted by molar-refractivity contribution is -0.132. The SMILES string of the molecule is CNC1CCN(CC(=O)N2CCCCCC2)C1.Cl. The van der Waals surface area contributed by atoms with Crippen LogP contribution >= 0.6 is 12.4 Å². The van der Waals surface area contributed by atoms with Gasteiger partial charge in [-0.05, 0) is 26.3 Å². The number of rotatable bonds is 3. The molecule has 2 rings (SSSR count). The predicted molar refractivity (Wildman–Crippen MR) is 76.2 cm³/mol. The second-order valence-corrected chi connectivity index (χ2v) is 5.30. The molecule has 0 aromatic carbocycles. The minimum absolute atomic E-state index is 0. The van der Waals surface area contributed by atoms with E-state index in [9.17, 15) is 4.79 Å². The maximum Gasteiger partial charge on any atom is 0.236 e. The average molecular weight is 276 g/mol. The molecule has 2 aliphatic rings. The van der Waals surface area contributed by atoms with Crippen LogP contribution in [0.2, 0.25) is 0 Å². The van der Waals surface area contributed by atoms with Crippen molar-refractivity contribution >= 4 is 18.3 Å². The highest BCUT2D eigenvalue weighted by Crippen LogP contribution is 2.12. The normalized spacial score (nSPS) is 25.6. The Morgan fingerprint density at radius 3 is 2.39 bits per heavy atom. The maximum absolute atomic E-state index is 12.2. The van der Waals surface area contributed by atoms with Gasteiger partial charge >= 0.3 is 0 Å².